The summed E-state index contributed by atoms with van der Waals surface area (Å²) in [6, 6.07) is 12.7. The number of ether oxygens (including phenoxy) is 1. The number of rotatable bonds is 6. The number of aromatic nitrogens is 2. The van der Waals surface area contributed by atoms with E-state index in [1.54, 1.807) is 6.07 Å². The maximum atomic E-state index is 12.6. The van der Waals surface area contributed by atoms with Crippen LogP contribution in [0, 0.1) is 5.92 Å². The van der Waals surface area contributed by atoms with Crippen LogP contribution < -0.4 is 10.1 Å². The van der Waals surface area contributed by atoms with Gasteiger partial charge in [0.05, 0.1) is 6.04 Å². The fraction of sp³-hybridized carbons (Fsp3) is 0.333. The molecule has 1 aliphatic rings. The predicted molar refractivity (Wildman–Crippen MR) is 101 cm³/mol. The Morgan fingerprint density at radius 2 is 2.10 bits per heavy atom. The van der Waals surface area contributed by atoms with Gasteiger partial charge in [0, 0.05) is 35.3 Å². The number of pyridine rings is 1. The minimum Gasteiger partial charge on any atom is -0.468 e. The van der Waals surface area contributed by atoms with Crippen LogP contribution in [-0.4, -0.2) is 28.7 Å². The van der Waals surface area contributed by atoms with E-state index >= 15 is 0 Å². The molecule has 0 saturated heterocycles. The molecule has 1 aliphatic carbocycles. The van der Waals surface area contributed by atoms with Crippen LogP contribution in [0.3, 0.4) is 0 Å². The molecule has 0 radical (unpaired) electrons. The highest BCUT2D eigenvalue weighted by Crippen LogP contribution is 2.48. The SMILES string of the molecule is CC(NC(=O)[C@H]1C[C@@H]1c1cc2ccccc2[nH]1)c1ccc(OCC(F)(F)F)nc1. The maximum Gasteiger partial charge on any atom is 0.422 e. The van der Waals surface area contributed by atoms with E-state index in [-0.39, 0.29) is 29.7 Å². The van der Waals surface area contributed by atoms with Gasteiger partial charge >= 0.3 is 6.18 Å². The molecule has 1 unspecified atom stereocenters. The number of hydrogen-bond donors (Lipinski definition) is 2. The molecule has 0 aliphatic heterocycles. The number of halogens is 3. The van der Waals surface area contributed by atoms with Crippen molar-refractivity contribution in [1.29, 1.82) is 0 Å². The highest BCUT2D eigenvalue weighted by atomic mass is 19.4. The van der Waals surface area contributed by atoms with Crippen LogP contribution in [0.5, 0.6) is 5.88 Å². The lowest BCUT2D eigenvalue weighted by molar-refractivity contribution is -0.154. The summed E-state index contributed by atoms with van der Waals surface area (Å²) in [5.41, 5.74) is 2.81. The van der Waals surface area contributed by atoms with Gasteiger partial charge in [0.15, 0.2) is 6.61 Å². The molecule has 1 fully saturated rings. The van der Waals surface area contributed by atoms with Crippen molar-refractivity contribution < 1.29 is 22.7 Å². The van der Waals surface area contributed by atoms with Crippen molar-refractivity contribution in [3.8, 4) is 5.88 Å². The minimum atomic E-state index is -4.41. The van der Waals surface area contributed by atoms with Crippen LogP contribution in [0.4, 0.5) is 13.2 Å². The molecule has 1 saturated carbocycles. The van der Waals surface area contributed by atoms with Crippen molar-refractivity contribution in [2.45, 2.75) is 31.5 Å². The Kier molecular flexibility index (Phi) is 4.94. The number of nitrogens with one attached hydrogen (secondary N) is 2. The standard InChI is InChI=1S/C21H20F3N3O2/c1-12(14-6-7-19(25-10-14)29-11-21(22,23)24)26-20(28)16-9-15(16)18-8-13-4-2-3-5-17(13)27-18/h2-8,10,12,15-16,27H,9,11H2,1H3,(H,26,28)/t12?,15-,16-/m0/s1. The Hall–Kier alpha value is -3.03. The van der Waals surface area contributed by atoms with Crippen LogP contribution in [0.1, 0.15) is 36.6 Å². The number of carbonyl (C=O) groups is 1. The molecule has 5 nitrogen and oxygen atoms in total. The lowest BCUT2D eigenvalue weighted by Gasteiger charge is -2.15. The zero-order valence-corrected chi connectivity index (χ0v) is 15.7. The zero-order chi connectivity index (χ0) is 20.6. The lowest BCUT2D eigenvalue weighted by Crippen LogP contribution is -2.28. The van der Waals surface area contributed by atoms with Crippen molar-refractivity contribution in [3.63, 3.8) is 0 Å². The summed E-state index contributed by atoms with van der Waals surface area (Å²) in [7, 11) is 0. The summed E-state index contributed by atoms with van der Waals surface area (Å²) in [6.07, 6.45) is -2.21. The Morgan fingerprint density at radius 3 is 2.79 bits per heavy atom. The quantitative estimate of drug-likeness (QED) is 0.638. The predicted octanol–water partition coefficient (Wildman–Crippen LogP) is 4.48. The number of benzene rings is 1. The smallest absolute Gasteiger partial charge is 0.422 e. The third kappa shape index (κ3) is 4.52. The van der Waals surface area contributed by atoms with E-state index in [0.29, 0.717) is 5.56 Å². The molecule has 0 bridgehead atoms. The second-order valence-electron chi connectivity index (χ2n) is 7.32. The second kappa shape index (κ2) is 7.42. The van der Waals surface area contributed by atoms with Gasteiger partial charge in [0.25, 0.3) is 0 Å². The number of fused-ring (bicyclic) bond motifs is 1. The van der Waals surface area contributed by atoms with Crippen molar-refractivity contribution in [2.24, 2.45) is 5.92 Å². The van der Waals surface area contributed by atoms with Gasteiger partial charge in [0.1, 0.15) is 0 Å². The first-order valence-corrected chi connectivity index (χ1v) is 9.34. The number of alkyl halides is 3. The first kappa shape index (κ1) is 19.3. The Balaban J connectivity index is 1.33. The Labute approximate surface area is 165 Å². The lowest BCUT2D eigenvalue weighted by atomic mass is 10.1. The van der Waals surface area contributed by atoms with Gasteiger partial charge in [0.2, 0.25) is 11.8 Å². The van der Waals surface area contributed by atoms with Crippen molar-refractivity contribution in [1.82, 2.24) is 15.3 Å². The minimum absolute atomic E-state index is 0.0430. The topological polar surface area (TPSA) is 67.0 Å². The summed E-state index contributed by atoms with van der Waals surface area (Å²) in [5, 5.41) is 4.08. The molecule has 2 N–H and O–H groups in total. The molecule has 2 aromatic heterocycles. The molecule has 1 aromatic carbocycles. The van der Waals surface area contributed by atoms with Crippen LogP contribution >= 0.6 is 0 Å². The van der Waals surface area contributed by atoms with Gasteiger partial charge in [-0.3, -0.25) is 4.79 Å². The van der Waals surface area contributed by atoms with E-state index in [1.807, 2.05) is 31.2 Å². The van der Waals surface area contributed by atoms with Crippen LogP contribution in [0.15, 0.2) is 48.7 Å². The van der Waals surface area contributed by atoms with Gasteiger partial charge in [-0.15, -0.1) is 0 Å². The molecule has 29 heavy (non-hydrogen) atoms. The van der Waals surface area contributed by atoms with Crippen molar-refractivity contribution in [2.75, 3.05) is 6.61 Å². The molecule has 3 atom stereocenters. The second-order valence-corrected chi connectivity index (χ2v) is 7.32. The largest absolute Gasteiger partial charge is 0.468 e. The normalized spacial score (nSPS) is 19.7. The molecule has 0 spiro atoms. The molecule has 3 aromatic rings. The van der Waals surface area contributed by atoms with E-state index in [9.17, 15) is 18.0 Å². The number of nitrogens with zero attached hydrogens (tertiary/aromatic N) is 1. The highest BCUT2D eigenvalue weighted by Gasteiger charge is 2.45. The van der Waals surface area contributed by atoms with Gasteiger partial charge in [-0.05, 0) is 36.4 Å². The summed E-state index contributed by atoms with van der Waals surface area (Å²) in [4.78, 5) is 19.8. The molecule has 4 rings (SSSR count). The number of H-pyrrole nitrogens is 1. The molecular weight excluding hydrogens is 383 g/mol. The average Bonchev–Trinajstić information content (AvgIpc) is 3.38. The van der Waals surface area contributed by atoms with Gasteiger partial charge in [-0.1, -0.05) is 24.3 Å². The molecular formula is C21H20F3N3O2. The van der Waals surface area contributed by atoms with Gasteiger partial charge < -0.3 is 15.0 Å². The summed E-state index contributed by atoms with van der Waals surface area (Å²) in [6.45, 7) is 0.425. The molecule has 8 heteroatoms. The first-order chi connectivity index (χ1) is 13.8. The van der Waals surface area contributed by atoms with E-state index < -0.39 is 12.8 Å². The number of aromatic amines is 1. The van der Waals surface area contributed by atoms with Gasteiger partial charge in [-0.25, -0.2) is 4.98 Å². The monoisotopic (exact) mass is 403 g/mol. The molecule has 152 valence electrons. The number of hydrogen-bond acceptors (Lipinski definition) is 3. The third-order valence-corrected chi connectivity index (χ3v) is 5.08. The van der Waals surface area contributed by atoms with E-state index in [0.717, 1.165) is 23.0 Å². The average molecular weight is 403 g/mol. The van der Waals surface area contributed by atoms with Crippen LogP contribution in [0.25, 0.3) is 10.9 Å². The number of amides is 1. The van der Waals surface area contributed by atoms with Crippen molar-refractivity contribution in [3.05, 3.63) is 59.9 Å². The van der Waals surface area contributed by atoms with Crippen LogP contribution in [-0.2, 0) is 4.79 Å². The van der Waals surface area contributed by atoms with Gasteiger partial charge in [-0.2, -0.15) is 13.2 Å². The third-order valence-electron chi connectivity index (χ3n) is 5.08. The highest BCUT2D eigenvalue weighted by molar-refractivity contribution is 5.85. The fourth-order valence-corrected chi connectivity index (χ4v) is 3.42. The molecule has 1 amide bonds. The van der Waals surface area contributed by atoms with E-state index in [1.165, 1.54) is 12.3 Å². The zero-order valence-electron chi connectivity index (χ0n) is 15.7. The fourth-order valence-electron chi connectivity index (χ4n) is 3.42. The maximum absolute atomic E-state index is 12.6. The summed E-state index contributed by atoms with van der Waals surface area (Å²) >= 11 is 0. The summed E-state index contributed by atoms with van der Waals surface area (Å²) < 4.78 is 41.2. The number of carbonyl (C=O) groups excluding carboxylic acids is 1. The van der Waals surface area contributed by atoms with E-state index in [2.05, 4.69) is 26.1 Å². The first-order valence-electron chi connectivity index (χ1n) is 9.34. The van der Waals surface area contributed by atoms with Crippen molar-refractivity contribution >= 4 is 16.8 Å². The summed E-state index contributed by atoms with van der Waals surface area (Å²) in [5.74, 6) is -0.0667. The number of para-hydroxylation sites is 1. The van der Waals surface area contributed by atoms with E-state index in [4.69, 9.17) is 0 Å². The Bertz CT molecular complexity index is 981. The molecule has 2 heterocycles. The Morgan fingerprint density at radius 1 is 1.31 bits per heavy atom. The van der Waals surface area contributed by atoms with Crippen LogP contribution in [0.2, 0.25) is 0 Å².